The van der Waals surface area contributed by atoms with Crippen LogP contribution >= 0.6 is 0 Å². The minimum Gasteiger partial charge on any atom is -0.481 e. The number of nitrogens with zero attached hydrogens (tertiary/aromatic N) is 2. The Bertz CT molecular complexity index is 639. The summed E-state index contributed by atoms with van der Waals surface area (Å²) in [7, 11) is 3.96. The molecule has 0 aromatic carbocycles. The molecule has 0 aromatic heterocycles. The van der Waals surface area contributed by atoms with Crippen LogP contribution in [0.1, 0.15) is 193 Å². The van der Waals surface area contributed by atoms with Gasteiger partial charge in [-0.25, -0.2) is 0 Å². The minimum absolute atomic E-state index is 0.278. The van der Waals surface area contributed by atoms with Crippen LogP contribution in [0.3, 0.4) is 0 Å². The molecule has 0 heterocycles. The molecule has 0 rings (SSSR count). The first-order chi connectivity index (χ1) is 21.8. The summed E-state index contributed by atoms with van der Waals surface area (Å²) in [4.78, 5) is 38.0. The van der Waals surface area contributed by atoms with Gasteiger partial charge in [-0.05, 0) is 39.8 Å². The number of likely N-dealkylation sites (N-methyl/N-ethyl adjacent to an activating group) is 1. The number of carboxylic acid groups (broad SMARTS) is 2. The molecule has 0 spiro atoms. The fourth-order valence-electron chi connectivity index (χ4n) is 6.13. The van der Waals surface area contributed by atoms with Crippen molar-refractivity contribution in [2.45, 2.75) is 193 Å². The third-order valence-electron chi connectivity index (χ3n) is 8.94. The highest BCUT2D eigenvalue weighted by Crippen LogP contribution is 2.15. The van der Waals surface area contributed by atoms with E-state index < -0.39 is 11.9 Å². The normalized spacial score (nSPS) is 11.4. The molecule has 0 aliphatic heterocycles. The lowest BCUT2D eigenvalue weighted by atomic mass is 10.0. The Morgan fingerprint density at radius 2 is 0.600 bits per heavy atom. The fourth-order valence-corrected chi connectivity index (χ4v) is 6.13. The van der Waals surface area contributed by atoms with E-state index >= 15 is 0 Å². The van der Waals surface area contributed by atoms with E-state index in [-0.39, 0.29) is 5.91 Å². The monoisotopic (exact) mass is 639 g/mol. The van der Waals surface area contributed by atoms with Gasteiger partial charge in [0.2, 0.25) is 5.91 Å². The standard InChI is InChI=1S/C38H74N2O5/c1-39(2)35-36(41)40(33-29-25-21-17-13-9-5-3-7-11-15-19-23-27-31-37(42)43)34-30-26-22-18-14-10-6-4-8-12-16-20-24-28-32-38(44)45/h3-35H2,1-2H3,(H,42,43)(H,44,45). The molecule has 7 nitrogen and oxygen atoms in total. The Morgan fingerprint density at radius 3 is 0.822 bits per heavy atom. The van der Waals surface area contributed by atoms with Crippen LogP contribution in [0.15, 0.2) is 0 Å². The number of amides is 1. The largest absolute Gasteiger partial charge is 0.481 e. The predicted octanol–water partition coefficient (Wildman–Crippen LogP) is 10.2. The summed E-state index contributed by atoms with van der Waals surface area (Å²) in [6.07, 6.45) is 35.0. The number of carbonyl (C=O) groups is 3. The summed E-state index contributed by atoms with van der Waals surface area (Å²) in [5, 5.41) is 17.3. The molecule has 0 aliphatic rings. The third-order valence-corrected chi connectivity index (χ3v) is 8.94. The van der Waals surface area contributed by atoms with Gasteiger partial charge in [0.25, 0.3) is 0 Å². The second kappa shape index (κ2) is 33.7. The van der Waals surface area contributed by atoms with Gasteiger partial charge < -0.3 is 20.0 Å². The van der Waals surface area contributed by atoms with Crippen LogP contribution in [-0.4, -0.2) is 71.6 Å². The van der Waals surface area contributed by atoms with Crippen LogP contribution in [0, 0.1) is 0 Å². The van der Waals surface area contributed by atoms with Gasteiger partial charge in [0.05, 0.1) is 6.54 Å². The van der Waals surface area contributed by atoms with Gasteiger partial charge >= 0.3 is 11.9 Å². The van der Waals surface area contributed by atoms with Crippen molar-refractivity contribution in [3.8, 4) is 0 Å². The zero-order valence-corrected chi connectivity index (χ0v) is 29.8. The lowest BCUT2D eigenvalue weighted by Crippen LogP contribution is -2.39. The van der Waals surface area contributed by atoms with E-state index in [1.807, 2.05) is 19.0 Å². The molecular formula is C38H74N2O5. The quantitative estimate of drug-likeness (QED) is 0.0663. The van der Waals surface area contributed by atoms with Crippen LogP contribution < -0.4 is 0 Å². The maximum Gasteiger partial charge on any atom is 0.303 e. The summed E-state index contributed by atoms with van der Waals surface area (Å²) in [6, 6.07) is 0. The average molecular weight is 639 g/mol. The van der Waals surface area contributed by atoms with Crippen LogP contribution in [0.2, 0.25) is 0 Å². The van der Waals surface area contributed by atoms with E-state index in [0.29, 0.717) is 19.4 Å². The average Bonchev–Trinajstić information content (AvgIpc) is 2.98. The van der Waals surface area contributed by atoms with Gasteiger partial charge in [-0.15, -0.1) is 0 Å². The van der Waals surface area contributed by atoms with Crippen LogP contribution in [-0.2, 0) is 14.4 Å². The smallest absolute Gasteiger partial charge is 0.303 e. The number of unbranched alkanes of at least 4 members (excludes halogenated alkanes) is 26. The molecule has 0 saturated carbocycles. The number of hydrogen-bond acceptors (Lipinski definition) is 4. The summed E-state index contributed by atoms with van der Waals surface area (Å²) < 4.78 is 0. The van der Waals surface area contributed by atoms with Crippen molar-refractivity contribution in [1.82, 2.24) is 9.80 Å². The second-order valence-corrected chi connectivity index (χ2v) is 13.8. The fraction of sp³-hybridized carbons (Fsp3) is 0.921. The highest BCUT2D eigenvalue weighted by molar-refractivity contribution is 5.78. The van der Waals surface area contributed by atoms with E-state index in [0.717, 1.165) is 51.6 Å². The highest BCUT2D eigenvalue weighted by atomic mass is 16.4. The van der Waals surface area contributed by atoms with Crippen molar-refractivity contribution in [2.24, 2.45) is 0 Å². The van der Waals surface area contributed by atoms with Gasteiger partial charge in [-0.3, -0.25) is 14.4 Å². The molecule has 0 fully saturated rings. The van der Waals surface area contributed by atoms with Crippen LogP contribution in [0.5, 0.6) is 0 Å². The lowest BCUT2D eigenvalue weighted by Gasteiger charge is -2.24. The summed E-state index contributed by atoms with van der Waals surface area (Å²) in [5.74, 6) is -1.06. The zero-order chi connectivity index (χ0) is 33.2. The molecule has 0 unspecified atom stereocenters. The molecule has 1 amide bonds. The molecule has 0 atom stereocenters. The molecule has 45 heavy (non-hydrogen) atoms. The summed E-state index contributed by atoms with van der Waals surface area (Å²) in [5.41, 5.74) is 0. The highest BCUT2D eigenvalue weighted by Gasteiger charge is 2.13. The van der Waals surface area contributed by atoms with Crippen LogP contribution in [0.25, 0.3) is 0 Å². The summed E-state index contributed by atoms with van der Waals surface area (Å²) in [6.45, 7) is 2.33. The molecule has 0 aromatic rings. The number of rotatable bonds is 36. The maximum absolute atomic E-state index is 12.8. The Kier molecular flexibility index (Phi) is 32.5. The molecule has 266 valence electrons. The first-order valence-corrected chi connectivity index (χ1v) is 19.2. The predicted molar refractivity (Wildman–Crippen MR) is 189 cm³/mol. The van der Waals surface area contributed by atoms with E-state index in [2.05, 4.69) is 4.90 Å². The van der Waals surface area contributed by atoms with Crippen molar-refractivity contribution < 1.29 is 24.6 Å². The Balaban J connectivity index is 3.68. The minimum atomic E-state index is -0.671. The molecule has 0 radical (unpaired) electrons. The van der Waals surface area contributed by atoms with Gasteiger partial charge in [0.15, 0.2) is 0 Å². The number of aliphatic carboxylic acids is 2. The Labute approximate surface area is 278 Å². The van der Waals surface area contributed by atoms with Crippen molar-refractivity contribution in [3.05, 3.63) is 0 Å². The Hall–Kier alpha value is -1.63. The van der Waals surface area contributed by atoms with Crippen molar-refractivity contribution >= 4 is 17.8 Å². The van der Waals surface area contributed by atoms with Crippen molar-refractivity contribution in [1.29, 1.82) is 0 Å². The first-order valence-electron chi connectivity index (χ1n) is 19.2. The zero-order valence-electron chi connectivity index (χ0n) is 29.8. The van der Waals surface area contributed by atoms with E-state index in [1.165, 1.54) is 141 Å². The van der Waals surface area contributed by atoms with Crippen LogP contribution in [0.4, 0.5) is 0 Å². The van der Waals surface area contributed by atoms with Gasteiger partial charge in [0, 0.05) is 25.9 Å². The third kappa shape index (κ3) is 35.1. The topological polar surface area (TPSA) is 98.2 Å². The molecule has 0 aliphatic carbocycles. The molecular weight excluding hydrogens is 564 g/mol. The summed E-state index contributed by atoms with van der Waals surface area (Å²) >= 11 is 0. The maximum atomic E-state index is 12.8. The Morgan fingerprint density at radius 1 is 0.378 bits per heavy atom. The molecule has 7 heteroatoms. The molecule has 0 bridgehead atoms. The van der Waals surface area contributed by atoms with Crippen molar-refractivity contribution in [3.63, 3.8) is 0 Å². The SMILES string of the molecule is CN(C)CC(=O)N(CCCCCCCCCCCCCCCCC(=O)O)CCCCCCCCCCCCCCCCC(=O)O. The van der Waals surface area contributed by atoms with E-state index in [9.17, 15) is 14.4 Å². The van der Waals surface area contributed by atoms with Gasteiger partial charge in [-0.2, -0.15) is 0 Å². The van der Waals surface area contributed by atoms with E-state index in [1.54, 1.807) is 0 Å². The first kappa shape index (κ1) is 43.4. The van der Waals surface area contributed by atoms with Gasteiger partial charge in [0.1, 0.15) is 0 Å². The molecule has 0 saturated heterocycles. The molecule has 2 N–H and O–H groups in total. The van der Waals surface area contributed by atoms with Gasteiger partial charge in [-0.1, -0.05) is 154 Å². The lowest BCUT2D eigenvalue weighted by molar-refractivity contribution is -0.138. The second-order valence-electron chi connectivity index (χ2n) is 13.8. The van der Waals surface area contributed by atoms with Crippen molar-refractivity contribution in [2.75, 3.05) is 33.7 Å². The number of carbonyl (C=O) groups excluding carboxylic acids is 1. The number of carboxylic acids is 2. The van der Waals surface area contributed by atoms with E-state index in [4.69, 9.17) is 10.2 Å². The number of hydrogen-bond donors (Lipinski definition) is 2.